The molecule has 0 saturated carbocycles. The van der Waals surface area contributed by atoms with Crippen molar-refractivity contribution in [3.05, 3.63) is 77.2 Å². The molecule has 0 N–H and O–H groups in total. The van der Waals surface area contributed by atoms with Crippen LogP contribution in [0.3, 0.4) is 0 Å². The Bertz CT molecular complexity index is 998. The Morgan fingerprint density at radius 2 is 1.77 bits per heavy atom. The van der Waals surface area contributed by atoms with Gasteiger partial charge in [0.25, 0.3) is 5.91 Å². The van der Waals surface area contributed by atoms with Gasteiger partial charge in [-0.25, -0.2) is 4.79 Å². The molecule has 0 bridgehead atoms. The Kier molecular flexibility index (Phi) is 7.30. The third-order valence-corrected chi connectivity index (χ3v) is 5.77. The first-order valence-electron chi connectivity index (χ1n) is 9.67. The third kappa shape index (κ3) is 5.10. The van der Waals surface area contributed by atoms with Gasteiger partial charge < -0.3 is 14.2 Å². The lowest BCUT2D eigenvalue weighted by molar-refractivity contribution is -0.121. The van der Waals surface area contributed by atoms with Crippen molar-refractivity contribution in [2.45, 2.75) is 31.4 Å². The number of benzene rings is 2. The van der Waals surface area contributed by atoms with Crippen molar-refractivity contribution in [1.29, 1.82) is 0 Å². The van der Waals surface area contributed by atoms with Crippen molar-refractivity contribution in [2.24, 2.45) is 0 Å². The Labute approximate surface area is 180 Å². The lowest BCUT2D eigenvalue weighted by Crippen LogP contribution is -2.34. The van der Waals surface area contributed by atoms with Gasteiger partial charge in [-0.1, -0.05) is 35.5 Å². The number of aromatic nitrogens is 1. The van der Waals surface area contributed by atoms with Crippen LogP contribution in [0.25, 0.3) is 0 Å². The number of anilines is 1. The summed E-state index contributed by atoms with van der Waals surface area (Å²) < 4.78 is 10.5. The maximum absolute atomic E-state index is 12.7. The van der Waals surface area contributed by atoms with Gasteiger partial charge in [0.05, 0.1) is 11.3 Å². The summed E-state index contributed by atoms with van der Waals surface area (Å²) in [6.45, 7) is 5.82. The van der Waals surface area contributed by atoms with E-state index in [4.69, 9.17) is 9.26 Å². The normalized spacial score (nSPS) is 10.6. The van der Waals surface area contributed by atoms with Crippen LogP contribution in [0.4, 0.5) is 5.69 Å². The summed E-state index contributed by atoms with van der Waals surface area (Å²) in [7, 11) is 0. The standard InChI is InChI=1S/C23H24N2O4S/c1-4-25(18-10-6-5-7-11-18)22(26)14-28-23(27)19-12-8-9-13-21(19)30-15-20-16(2)24-29-17(20)3/h5-13H,4,14-15H2,1-3H3. The van der Waals surface area contributed by atoms with Crippen LogP contribution in [0.15, 0.2) is 64.0 Å². The molecule has 7 heteroatoms. The summed E-state index contributed by atoms with van der Waals surface area (Å²) >= 11 is 1.51. The molecule has 0 aliphatic carbocycles. The molecule has 0 saturated heterocycles. The van der Waals surface area contributed by atoms with Crippen molar-refractivity contribution in [2.75, 3.05) is 18.1 Å². The zero-order valence-corrected chi connectivity index (χ0v) is 18.1. The van der Waals surface area contributed by atoms with Crippen molar-refractivity contribution in [3.63, 3.8) is 0 Å². The van der Waals surface area contributed by atoms with E-state index in [9.17, 15) is 9.59 Å². The quantitative estimate of drug-likeness (QED) is 0.382. The number of hydrogen-bond acceptors (Lipinski definition) is 6. The predicted molar refractivity (Wildman–Crippen MR) is 117 cm³/mol. The fraction of sp³-hybridized carbons (Fsp3) is 0.261. The number of amides is 1. The van der Waals surface area contributed by atoms with E-state index in [2.05, 4.69) is 5.16 Å². The molecular formula is C23H24N2O4S. The molecule has 6 nitrogen and oxygen atoms in total. The van der Waals surface area contributed by atoms with Crippen molar-refractivity contribution in [3.8, 4) is 0 Å². The van der Waals surface area contributed by atoms with Gasteiger partial charge in [0.15, 0.2) is 6.61 Å². The van der Waals surface area contributed by atoms with Gasteiger partial charge in [-0.15, -0.1) is 11.8 Å². The summed E-state index contributed by atoms with van der Waals surface area (Å²) in [5.74, 6) is 0.612. The van der Waals surface area contributed by atoms with Gasteiger partial charge in [-0.3, -0.25) is 4.79 Å². The summed E-state index contributed by atoms with van der Waals surface area (Å²) in [6.07, 6.45) is 0. The first-order chi connectivity index (χ1) is 14.5. The largest absolute Gasteiger partial charge is 0.452 e. The number of esters is 1. The molecule has 0 aliphatic rings. The van der Waals surface area contributed by atoms with Crippen LogP contribution in [0, 0.1) is 13.8 Å². The minimum Gasteiger partial charge on any atom is -0.452 e. The Balaban J connectivity index is 1.65. The first-order valence-corrected chi connectivity index (χ1v) is 10.7. The molecule has 0 atom stereocenters. The van der Waals surface area contributed by atoms with Gasteiger partial charge in [-0.05, 0) is 45.0 Å². The van der Waals surface area contributed by atoms with Crippen LogP contribution in [0.2, 0.25) is 0 Å². The molecule has 3 rings (SSSR count). The molecule has 30 heavy (non-hydrogen) atoms. The zero-order valence-electron chi connectivity index (χ0n) is 17.3. The molecule has 3 aromatic rings. The maximum Gasteiger partial charge on any atom is 0.339 e. The zero-order chi connectivity index (χ0) is 21.5. The van der Waals surface area contributed by atoms with E-state index in [1.807, 2.05) is 63.2 Å². The number of likely N-dealkylation sites (N-methyl/N-ethyl adjacent to an activating group) is 1. The van der Waals surface area contributed by atoms with Crippen LogP contribution < -0.4 is 4.90 Å². The first kappa shape index (κ1) is 21.6. The molecule has 0 unspecified atom stereocenters. The monoisotopic (exact) mass is 424 g/mol. The fourth-order valence-corrected chi connectivity index (χ4v) is 4.21. The Hall–Kier alpha value is -3.06. The Morgan fingerprint density at radius 3 is 2.43 bits per heavy atom. The van der Waals surface area contributed by atoms with Gasteiger partial charge in [-0.2, -0.15) is 0 Å². The van der Waals surface area contributed by atoms with E-state index in [-0.39, 0.29) is 12.5 Å². The van der Waals surface area contributed by atoms with E-state index in [1.165, 1.54) is 11.8 Å². The van der Waals surface area contributed by atoms with Crippen LogP contribution in [0.5, 0.6) is 0 Å². The highest BCUT2D eigenvalue weighted by molar-refractivity contribution is 7.98. The number of para-hydroxylation sites is 1. The number of rotatable bonds is 8. The van der Waals surface area contributed by atoms with Crippen LogP contribution >= 0.6 is 11.8 Å². The highest BCUT2D eigenvalue weighted by atomic mass is 32.2. The summed E-state index contributed by atoms with van der Waals surface area (Å²) in [5, 5.41) is 3.96. The highest BCUT2D eigenvalue weighted by Crippen LogP contribution is 2.29. The molecule has 1 aromatic heterocycles. The second-order valence-electron chi connectivity index (χ2n) is 6.64. The molecule has 1 amide bonds. The second-order valence-corrected chi connectivity index (χ2v) is 7.65. The molecule has 0 fully saturated rings. The van der Waals surface area contributed by atoms with E-state index < -0.39 is 5.97 Å². The van der Waals surface area contributed by atoms with Crippen LogP contribution in [0.1, 0.15) is 34.3 Å². The second kappa shape index (κ2) is 10.1. The highest BCUT2D eigenvalue weighted by Gasteiger charge is 2.19. The number of hydrogen-bond donors (Lipinski definition) is 0. The molecule has 0 spiro atoms. The average molecular weight is 425 g/mol. The number of aryl methyl sites for hydroxylation is 2. The SMILES string of the molecule is CCN(C(=O)COC(=O)c1ccccc1SCc1c(C)noc1C)c1ccccc1. The van der Waals surface area contributed by atoms with E-state index in [1.54, 1.807) is 17.0 Å². The summed E-state index contributed by atoms with van der Waals surface area (Å²) in [4.78, 5) is 27.6. The minimum atomic E-state index is -0.519. The molecular weight excluding hydrogens is 400 g/mol. The van der Waals surface area contributed by atoms with Gasteiger partial charge in [0.2, 0.25) is 0 Å². The molecule has 2 aromatic carbocycles. The van der Waals surface area contributed by atoms with E-state index in [0.717, 1.165) is 27.6 Å². The predicted octanol–water partition coefficient (Wildman–Crippen LogP) is 4.79. The van der Waals surface area contributed by atoms with Gasteiger partial charge in [0.1, 0.15) is 5.76 Å². The van der Waals surface area contributed by atoms with E-state index >= 15 is 0 Å². The maximum atomic E-state index is 12.7. The lowest BCUT2D eigenvalue weighted by Gasteiger charge is -2.20. The molecule has 0 aliphatic heterocycles. The van der Waals surface area contributed by atoms with Crippen molar-refractivity contribution in [1.82, 2.24) is 5.16 Å². The third-order valence-electron chi connectivity index (χ3n) is 4.67. The Morgan fingerprint density at radius 1 is 1.07 bits per heavy atom. The van der Waals surface area contributed by atoms with Gasteiger partial charge >= 0.3 is 5.97 Å². The van der Waals surface area contributed by atoms with Crippen LogP contribution in [-0.2, 0) is 15.3 Å². The molecule has 0 radical (unpaired) electrons. The number of ether oxygens (including phenoxy) is 1. The van der Waals surface area contributed by atoms with Crippen molar-refractivity contribution >= 4 is 29.3 Å². The lowest BCUT2D eigenvalue weighted by atomic mass is 10.2. The number of carbonyl (C=O) groups is 2. The molecule has 156 valence electrons. The average Bonchev–Trinajstić information content (AvgIpc) is 3.09. The smallest absolute Gasteiger partial charge is 0.339 e. The summed E-state index contributed by atoms with van der Waals surface area (Å²) in [6, 6.07) is 16.5. The summed E-state index contributed by atoms with van der Waals surface area (Å²) in [5.41, 5.74) is 3.06. The van der Waals surface area contributed by atoms with Crippen LogP contribution in [-0.4, -0.2) is 30.2 Å². The minimum absolute atomic E-state index is 0.266. The number of thioether (sulfide) groups is 1. The van der Waals surface area contributed by atoms with Gasteiger partial charge in [0, 0.05) is 28.4 Å². The molecule has 1 heterocycles. The fourth-order valence-electron chi connectivity index (χ4n) is 3.01. The number of nitrogens with zero attached hydrogens (tertiary/aromatic N) is 2. The topological polar surface area (TPSA) is 72.6 Å². The number of carbonyl (C=O) groups excluding carboxylic acids is 2. The van der Waals surface area contributed by atoms with E-state index in [0.29, 0.717) is 17.9 Å². The van der Waals surface area contributed by atoms with Crippen molar-refractivity contribution < 1.29 is 18.8 Å².